The molecule has 0 fully saturated rings. The molecule has 2 atom stereocenters. The Morgan fingerprint density at radius 3 is 2.47 bits per heavy atom. The number of carbonyl (C=O) groups is 1. The van der Waals surface area contributed by atoms with Crippen molar-refractivity contribution >= 4 is 22.2 Å². The van der Waals surface area contributed by atoms with Gasteiger partial charge >= 0.3 is 0 Å². The van der Waals surface area contributed by atoms with Gasteiger partial charge in [0.05, 0.1) is 0 Å². The standard InChI is InChI=1S/C16H13BrO2/c17-15-7-3-1-5-12(15)14-9-11(10-18)19-16-8-4-2-6-13(14)16/h1-8,10-11,14H,9H2. The van der Waals surface area contributed by atoms with Gasteiger partial charge in [0.1, 0.15) is 5.75 Å². The van der Waals surface area contributed by atoms with Gasteiger partial charge in [0.15, 0.2) is 12.4 Å². The van der Waals surface area contributed by atoms with Crippen LogP contribution >= 0.6 is 15.9 Å². The van der Waals surface area contributed by atoms with Crippen molar-refractivity contribution < 1.29 is 9.53 Å². The first-order chi connectivity index (χ1) is 9.29. The van der Waals surface area contributed by atoms with Crippen molar-refractivity contribution in [1.29, 1.82) is 0 Å². The van der Waals surface area contributed by atoms with Crippen molar-refractivity contribution in [3.05, 3.63) is 64.1 Å². The minimum absolute atomic E-state index is 0.190. The number of hydrogen-bond donors (Lipinski definition) is 0. The summed E-state index contributed by atoms with van der Waals surface area (Å²) >= 11 is 3.60. The van der Waals surface area contributed by atoms with Gasteiger partial charge in [0.25, 0.3) is 0 Å². The van der Waals surface area contributed by atoms with Crippen LogP contribution in [0, 0.1) is 0 Å². The maximum absolute atomic E-state index is 11.1. The van der Waals surface area contributed by atoms with Gasteiger partial charge in [0, 0.05) is 22.4 Å². The van der Waals surface area contributed by atoms with Gasteiger partial charge in [0.2, 0.25) is 0 Å². The SMILES string of the molecule is O=CC1CC(c2ccccc2Br)c2ccccc2O1. The third-order valence-electron chi connectivity index (χ3n) is 3.47. The zero-order valence-electron chi connectivity index (χ0n) is 10.3. The molecule has 0 spiro atoms. The highest BCUT2D eigenvalue weighted by atomic mass is 79.9. The number of aldehydes is 1. The Kier molecular flexibility index (Phi) is 3.38. The zero-order chi connectivity index (χ0) is 13.2. The predicted octanol–water partition coefficient (Wildman–Crippen LogP) is 3.93. The molecule has 0 aliphatic carbocycles. The van der Waals surface area contributed by atoms with Gasteiger partial charge < -0.3 is 4.74 Å². The molecule has 19 heavy (non-hydrogen) atoms. The van der Waals surface area contributed by atoms with Crippen molar-refractivity contribution in [2.75, 3.05) is 0 Å². The fourth-order valence-electron chi connectivity index (χ4n) is 2.58. The highest BCUT2D eigenvalue weighted by molar-refractivity contribution is 9.10. The van der Waals surface area contributed by atoms with E-state index in [2.05, 4.69) is 28.1 Å². The number of para-hydroxylation sites is 1. The van der Waals surface area contributed by atoms with Gasteiger partial charge in [-0.2, -0.15) is 0 Å². The molecule has 2 aromatic rings. The molecule has 1 aliphatic rings. The lowest BCUT2D eigenvalue weighted by Gasteiger charge is -2.30. The molecule has 0 aromatic heterocycles. The van der Waals surface area contributed by atoms with E-state index < -0.39 is 0 Å². The molecule has 0 N–H and O–H groups in total. The monoisotopic (exact) mass is 316 g/mol. The van der Waals surface area contributed by atoms with Crippen LogP contribution in [0.25, 0.3) is 0 Å². The molecule has 3 rings (SSSR count). The van der Waals surface area contributed by atoms with Crippen molar-refractivity contribution in [2.45, 2.75) is 18.4 Å². The highest BCUT2D eigenvalue weighted by Gasteiger charge is 2.29. The lowest BCUT2D eigenvalue weighted by Crippen LogP contribution is -2.27. The van der Waals surface area contributed by atoms with Crippen LogP contribution in [0.2, 0.25) is 0 Å². The summed E-state index contributed by atoms with van der Waals surface area (Å²) in [5.41, 5.74) is 2.35. The first-order valence-corrected chi connectivity index (χ1v) is 7.04. The minimum atomic E-state index is -0.369. The van der Waals surface area contributed by atoms with Crippen LogP contribution in [-0.4, -0.2) is 12.4 Å². The quantitative estimate of drug-likeness (QED) is 0.785. The average molecular weight is 317 g/mol. The van der Waals surface area contributed by atoms with Crippen LogP contribution in [0.4, 0.5) is 0 Å². The number of carbonyl (C=O) groups excluding carboxylic acids is 1. The van der Waals surface area contributed by atoms with E-state index in [9.17, 15) is 4.79 Å². The van der Waals surface area contributed by atoms with Crippen LogP contribution in [-0.2, 0) is 4.79 Å². The molecule has 1 heterocycles. The molecular formula is C16H13BrO2. The fourth-order valence-corrected chi connectivity index (χ4v) is 3.14. The molecule has 2 aromatic carbocycles. The molecule has 96 valence electrons. The Balaban J connectivity index is 2.10. The van der Waals surface area contributed by atoms with Crippen LogP contribution in [0.5, 0.6) is 5.75 Å². The van der Waals surface area contributed by atoms with Crippen molar-refractivity contribution in [3.63, 3.8) is 0 Å². The molecule has 2 unspecified atom stereocenters. The molecule has 0 saturated heterocycles. The summed E-state index contributed by atoms with van der Waals surface area (Å²) in [6.45, 7) is 0. The van der Waals surface area contributed by atoms with Gasteiger partial charge in [-0.05, 0) is 17.7 Å². The maximum Gasteiger partial charge on any atom is 0.160 e. The third-order valence-corrected chi connectivity index (χ3v) is 4.20. The van der Waals surface area contributed by atoms with Crippen LogP contribution < -0.4 is 4.74 Å². The van der Waals surface area contributed by atoms with Gasteiger partial charge in [-0.1, -0.05) is 52.3 Å². The van der Waals surface area contributed by atoms with E-state index in [1.165, 1.54) is 5.56 Å². The number of ether oxygens (including phenoxy) is 1. The summed E-state index contributed by atoms with van der Waals surface area (Å²) in [7, 11) is 0. The normalized spacial score (nSPS) is 21.3. The van der Waals surface area contributed by atoms with Crippen molar-refractivity contribution in [3.8, 4) is 5.75 Å². The van der Waals surface area contributed by atoms with Crippen LogP contribution in [0.3, 0.4) is 0 Å². The van der Waals surface area contributed by atoms with Crippen molar-refractivity contribution in [1.82, 2.24) is 0 Å². The topological polar surface area (TPSA) is 26.3 Å². The largest absolute Gasteiger partial charge is 0.483 e. The Morgan fingerprint density at radius 2 is 1.74 bits per heavy atom. The Morgan fingerprint density at radius 1 is 1.05 bits per heavy atom. The Bertz CT molecular complexity index is 609. The lowest BCUT2D eigenvalue weighted by molar-refractivity contribution is -0.114. The molecule has 0 saturated carbocycles. The second kappa shape index (κ2) is 5.17. The molecule has 1 aliphatic heterocycles. The third kappa shape index (κ3) is 2.30. The van der Waals surface area contributed by atoms with Crippen LogP contribution in [0.1, 0.15) is 23.5 Å². The van der Waals surface area contributed by atoms with E-state index >= 15 is 0 Å². The number of halogens is 1. The summed E-state index contributed by atoms with van der Waals surface area (Å²) in [5.74, 6) is 1.00. The highest BCUT2D eigenvalue weighted by Crippen LogP contribution is 2.41. The molecular weight excluding hydrogens is 304 g/mol. The summed E-state index contributed by atoms with van der Waals surface area (Å²) in [6, 6.07) is 16.1. The Hall–Kier alpha value is -1.61. The van der Waals surface area contributed by atoms with E-state index in [0.717, 1.165) is 22.1 Å². The van der Waals surface area contributed by atoms with E-state index in [1.54, 1.807) is 0 Å². The molecule has 0 amide bonds. The molecule has 0 radical (unpaired) electrons. The molecule has 0 bridgehead atoms. The van der Waals surface area contributed by atoms with Gasteiger partial charge in [-0.15, -0.1) is 0 Å². The second-order valence-corrected chi connectivity index (χ2v) is 5.49. The summed E-state index contributed by atoms with van der Waals surface area (Å²) in [4.78, 5) is 11.1. The average Bonchev–Trinajstić information content (AvgIpc) is 2.46. The van der Waals surface area contributed by atoms with Gasteiger partial charge in [-0.3, -0.25) is 4.79 Å². The van der Waals surface area contributed by atoms with E-state index in [0.29, 0.717) is 6.42 Å². The maximum atomic E-state index is 11.1. The first-order valence-electron chi connectivity index (χ1n) is 6.25. The lowest BCUT2D eigenvalue weighted by atomic mass is 9.84. The number of rotatable bonds is 2. The van der Waals surface area contributed by atoms with Crippen LogP contribution in [0.15, 0.2) is 53.0 Å². The molecule has 3 heteroatoms. The predicted molar refractivity (Wildman–Crippen MR) is 77.5 cm³/mol. The number of fused-ring (bicyclic) bond motifs is 1. The first kappa shape index (κ1) is 12.4. The zero-order valence-corrected chi connectivity index (χ0v) is 11.8. The smallest absolute Gasteiger partial charge is 0.160 e. The van der Waals surface area contributed by atoms with E-state index in [4.69, 9.17) is 4.74 Å². The van der Waals surface area contributed by atoms with E-state index in [-0.39, 0.29) is 12.0 Å². The summed E-state index contributed by atoms with van der Waals surface area (Å²) in [5, 5.41) is 0. The van der Waals surface area contributed by atoms with E-state index in [1.807, 2.05) is 36.4 Å². The van der Waals surface area contributed by atoms with Crippen molar-refractivity contribution in [2.24, 2.45) is 0 Å². The molecule has 2 nitrogen and oxygen atoms in total. The minimum Gasteiger partial charge on any atom is -0.483 e. The number of benzene rings is 2. The fraction of sp³-hybridized carbons (Fsp3) is 0.188. The Labute approximate surface area is 120 Å². The summed E-state index contributed by atoms with van der Waals surface area (Å²) < 4.78 is 6.76. The second-order valence-electron chi connectivity index (χ2n) is 4.64. The van der Waals surface area contributed by atoms with Gasteiger partial charge in [-0.25, -0.2) is 0 Å². The number of hydrogen-bond acceptors (Lipinski definition) is 2. The summed E-state index contributed by atoms with van der Waals surface area (Å²) in [6.07, 6.45) is 1.20.